The van der Waals surface area contributed by atoms with Crippen molar-refractivity contribution in [1.82, 2.24) is 15.6 Å². The zero-order valence-corrected chi connectivity index (χ0v) is 14.5. The lowest BCUT2D eigenvalue weighted by molar-refractivity contribution is -0.136. The smallest absolute Gasteiger partial charge is 0.329 e. The van der Waals surface area contributed by atoms with Gasteiger partial charge in [-0.2, -0.15) is 5.10 Å². The quantitative estimate of drug-likeness (QED) is 0.307. The third-order valence-electron chi connectivity index (χ3n) is 3.26. The van der Waals surface area contributed by atoms with Crippen LogP contribution in [0, 0.1) is 0 Å². The first-order valence-corrected chi connectivity index (χ1v) is 8.40. The van der Waals surface area contributed by atoms with Crippen molar-refractivity contribution < 1.29 is 19.8 Å². The van der Waals surface area contributed by atoms with Crippen molar-refractivity contribution in [3.63, 3.8) is 0 Å². The minimum absolute atomic E-state index is 0.111. The van der Waals surface area contributed by atoms with Crippen molar-refractivity contribution in [2.45, 2.75) is 0 Å². The second kappa shape index (κ2) is 8.06. The van der Waals surface area contributed by atoms with Crippen molar-refractivity contribution in [3.8, 4) is 22.1 Å². The van der Waals surface area contributed by atoms with Gasteiger partial charge in [-0.25, -0.2) is 5.43 Å². The van der Waals surface area contributed by atoms with Gasteiger partial charge in [-0.05, 0) is 12.1 Å². The van der Waals surface area contributed by atoms with Gasteiger partial charge in [-0.1, -0.05) is 41.7 Å². The van der Waals surface area contributed by atoms with Crippen molar-refractivity contribution in [3.05, 3.63) is 54.1 Å². The van der Waals surface area contributed by atoms with E-state index in [0.29, 0.717) is 5.01 Å². The standard InChI is InChI=1S/C17H13N5O4S/c23-12-7-6-11(13(24)8-12)9-18-20-15(26)14(25)19-17-22-21-16(27-17)10-4-2-1-3-5-10/h1-9,23-24H,(H,20,26)(H,19,22,25)/b18-9-. The molecule has 27 heavy (non-hydrogen) atoms. The zero-order valence-electron chi connectivity index (χ0n) is 13.7. The topological polar surface area (TPSA) is 137 Å². The molecule has 1 heterocycles. The highest BCUT2D eigenvalue weighted by Gasteiger charge is 2.16. The Morgan fingerprint density at radius 2 is 1.81 bits per heavy atom. The molecule has 0 aliphatic rings. The maximum Gasteiger partial charge on any atom is 0.329 e. The van der Waals surface area contributed by atoms with Crippen LogP contribution in [0.5, 0.6) is 11.5 Å². The summed E-state index contributed by atoms with van der Waals surface area (Å²) >= 11 is 1.13. The zero-order chi connectivity index (χ0) is 19.2. The maximum absolute atomic E-state index is 11.9. The molecular formula is C17H13N5O4S. The van der Waals surface area contributed by atoms with E-state index in [1.165, 1.54) is 12.1 Å². The van der Waals surface area contributed by atoms with Crippen molar-refractivity contribution in [2.75, 3.05) is 5.32 Å². The Morgan fingerprint density at radius 1 is 1.04 bits per heavy atom. The summed E-state index contributed by atoms with van der Waals surface area (Å²) in [4.78, 5) is 23.6. The molecule has 0 atom stereocenters. The van der Waals surface area contributed by atoms with Crippen LogP contribution >= 0.6 is 11.3 Å². The number of aromatic hydroxyl groups is 2. The summed E-state index contributed by atoms with van der Waals surface area (Å²) in [6, 6.07) is 13.1. The summed E-state index contributed by atoms with van der Waals surface area (Å²) in [6.45, 7) is 0. The lowest BCUT2D eigenvalue weighted by Crippen LogP contribution is -2.32. The highest BCUT2D eigenvalue weighted by molar-refractivity contribution is 7.18. The molecule has 2 amide bonds. The molecule has 3 aromatic rings. The molecule has 0 saturated heterocycles. The second-order valence-electron chi connectivity index (χ2n) is 5.17. The van der Waals surface area contributed by atoms with Gasteiger partial charge in [-0.3, -0.25) is 14.9 Å². The monoisotopic (exact) mass is 383 g/mol. The maximum atomic E-state index is 11.9. The van der Waals surface area contributed by atoms with E-state index in [-0.39, 0.29) is 22.2 Å². The Balaban J connectivity index is 1.57. The van der Waals surface area contributed by atoms with Crippen LogP contribution in [0.4, 0.5) is 5.13 Å². The fraction of sp³-hybridized carbons (Fsp3) is 0. The first-order valence-electron chi connectivity index (χ1n) is 7.58. The molecule has 0 spiro atoms. The van der Waals surface area contributed by atoms with Gasteiger partial charge in [0.1, 0.15) is 16.5 Å². The summed E-state index contributed by atoms with van der Waals surface area (Å²) in [6.07, 6.45) is 1.14. The Bertz CT molecular complexity index is 1000. The van der Waals surface area contributed by atoms with Gasteiger partial charge in [0.15, 0.2) is 0 Å². The first kappa shape index (κ1) is 18.0. The Labute approximate surface area is 157 Å². The van der Waals surface area contributed by atoms with Crippen molar-refractivity contribution in [2.24, 2.45) is 5.10 Å². The van der Waals surface area contributed by atoms with Crippen LogP contribution < -0.4 is 10.7 Å². The number of anilines is 1. The summed E-state index contributed by atoms with van der Waals surface area (Å²) in [5, 5.41) is 33.3. The van der Waals surface area contributed by atoms with Gasteiger partial charge in [0.2, 0.25) is 5.13 Å². The molecule has 1 aromatic heterocycles. The van der Waals surface area contributed by atoms with Gasteiger partial charge in [0, 0.05) is 17.2 Å². The van der Waals surface area contributed by atoms with E-state index in [1.807, 2.05) is 35.8 Å². The van der Waals surface area contributed by atoms with Crippen LogP contribution in [0.2, 0.25) is 0 Å². The SMILES string of the molecule is O=C(N/N=C\c1ccc(O)cc1O)C(=O)Nc1nnc(-c2ccccc2)s1. The molecule has 0 aliphatic carbocycles. The average molecular weight is 383 g/mol. The predicted molar refractivity (Wildman–Crippen MR) is 99.5 cm³/mol. The summed E-state index contributed by atoms with van der Waals surface area (Å²) in [5.74, 6) is -2.31. The molecule has 3 rings (SSSR count). The van der Waals surface area contributed by atoms with Crippen molar-refractivity contribution in [1.29, 1.82) is 0 Å². The number of hydrogen-bond acceptors (Lipinski definition) is 8. The molecule has 0 unspecified atom stereocenters. The number of carbonyl (C=O) groups is 2. The molecule has 4 N–H and O–H groups in total. The average Bonchev–Trinajstić information content (AvgIpc) is 3.12. The van der Waals surface area contributed by atoms with Crippen LogP contribution in [0.15, 0.2) is 53.6 Å². The van der Waals surface area contributed by atoms with Gasteiger partial charge < -0.3 is 10.2 Å². The first-order chi connectivity index (χ1) is 13.0. The van der Waals surface area contributed by atoms with E-state index in [4.69, 9.17) is 0 Å². The lowest BCUT2D eigenvalue weighted by atomic mass is 10.2. The van der Waals surface area contributed by atoms with Crippen molar-refractivity contribution >= 4 is 34.5 Å². The minimum Gasteiger partial charge on any atom is -0.508 e. The Morgan fingerprint density at radius 3 is 2.56 bits per heavy atom. The van der Waals surface area contributed by atoms with E-state index in [1.54, 1.807) is 0 Å². The molecule has 0 radical (unpaired) electrons. The van der Waals surface area contributed by atoms with E-state index in [0.717, 1.165) is 29.2 Å². The van der Waals surface area contributed by atoms with Crippen LogP contribution in [0.3, 0.4) is 0 Å². The van der Waals surface area contributed by atoms with Crippen LogP contribution in [0.25, 0.3) is 10.6 Å². The fourth-order valence-corrected chi connectivity index (χ4v) is 2.72. The highest BCUT2D eigenvalue weighted by Crippen LogP contribution is 2.25. The second-order valence-corrected chi connectivity index (χ2v) is 6.15. The molecule has 10 heteroatoms. The van der Waals surface area contributed by atoms with E-state index in [2.05, 4.69) is 20.6 Å². The number of rotatable bonds is 4. The Hall–Kier alpha value is -3.79. The minimum atomic E-state index is -1.01. The van der Waals surface area contributed by atoms with Crippen LogP contribution in [-0.4, -0.2) is 38.4 Å². The third-order valence-corrected chi connectivity index (χ3v) is 4.14. The van der Waals surface area contributed by atoms with Crippen LogP contribution in [0.1, 0.15) is 5.56 Å². The van der Waals surface area contributed by atoms with E-state index >= 15 is 0 Å². The number of carbonyl (C=O) groups excluding carboxylic acids is 2. The number of phenolic OH excluding ortho intramolecular Hbond substituents is 2. The lowest BCUT2D eigenvalue weighted by Gasteiger charge is -2.00. The molecular weight excluding hydrogens is 370 g/mol. The molecule has 2 aromatic carbocycles. The van der Waals surface area contributed by atoms with Gasteiger partial charge in [-0.15, -0.1) is 10.2 Å². The number of phenols is 2. The number of hydrogen-bond donors (Lipinski definition) is 4. The number of aromatic nitrogens is 2. The number of nitrogens with one attached hydrogen (secondary N) is 2. The molecule has 0 fully saturated rings. The predicted octanol–water partition coefficient (Wildman–Crippen LogP) is 1.71. The number of hydrazone groups is 1. The fourth-order valence-electron chi connectivity index (χ4n) is 1.98. The summed E-state index contributed by atoms with van der Waals surface area (Å²) in [7, 11) is 0. The molecule has 0 bridgehead atoms. The van der Waals surface area contributed by atoms with Crippen LogP contribution in [-0.2, 0) is 9.59 Å². The number of nitrogens with zero attached hydrogens (tertiary/aromatic N) is 3. The normalized spacial score (nSPS) is 10.7. The molecule has 0 aliphatic heterocycles. The van der Waals surface area contributed by atoms with Gasteiger partial charge >= 0.3 is 11.8 Å². The molecule has 9 nitrogen and oxygen atoms in total. The van der Waals surface area contributed by atoms with E-state index in [9.17, 15) is 19.8 Å². The highest BCUT2D eigenvalue weighted by atomic mass is 32.1. The molecule has 0 saturated carbocycles. The Kier molecular flexibility index (Phi) is 5.38. The van der Waals surface area contributed by atoms with Gasteiger partial charge in [0.05, 0.1) is 6.21 Å². The third kappa shape index (κ3) is 4.64. The summed E-state index contributed by atoms with van der Waals surface area (Å²) < 4.78 is 0. The summed E-state index contributed by atoms with van der Waals surface area (Å²) in [5.41, 5.74) is 3.13. The van der Waals surface area contributed by atoms with Gasteiger partial charge in [0.25, 0.3) is 0 Å². The number of benzene rings is 2. The number of amides is 2. The molecule has 136 valence electrons. The van der Waals surface area contributed by atoms with E-state index < -0.39 is 11.8 Å². The largest absolute Gasteiger partial charge is 0.508 e.